The van der Waals surface area contributed by atoms with Crippen molar-refractivity contribution in [3.8, 4) is 11.3 Å². The maximum atomic E-state index is 13.3. The van der Waals surface area contributed by atoms with Gasteiger partial charge in [0.2, 0.25) is 0 Å². The standard InChI is InChI=1S/C11H5ClFNO4/c12-11-7(13)2-3-8(14(16)17)10(11)9-4-1-6(5-15)18-9/h1-5H. The molecule has 0 atom stereocenters. The van der Waals surface area contributed by atoms with Crippen LogP contribution in [0.25, 0.3) is 11.3 Å². The van der Waals surface area contributed by atoms with Crippen molar-refractivity contribution in [1.29, 1.82) is 0 Å². The van der Waals surface area contributed by atoms with Gasteiger partial charge in [-0.1, -0.05) is 11.6 Å². The average Bonchev–Trinajstić information content (AvgIpc) is 2.80. The van der Waals surface area contributed by atoms with Crippen LogP contribution in [-0.4, -0.2) is 11.2 Å². The Balaban J connectivity index is 2.71. The summed E-state index contributed by atoms with van der Waals surface area (Å²) in [7, 11) is 0. The van der Waals surface area contributed by atoms with Crippen LogP contribution < -0.4 is 0 Å². The number of nitro benzene ring substituents is 1. The lowest BCUT2D eigenvalue weighted by atomic mass is 10.1. The van der Waals surface area contributed by atoms with Crippen molar-refractivity contribution in [3.05, 3.63) is 51.0 Å². The van der Waals surface area contributed by atoms with Crippen LogP contribution in [-0.2, 0) is 0 Å². The lowest BCUT2D eigenvalue weighted by molar-refractivity contribution is -0.384. The molecule has 0 saturated heterocycles. The summed E-state index contributed by atoms with van der Waals surface area (Å²) in [6.07, 6.45) is 0.433. The molecule has 0 fully saturated rings. The maximum Gasteiger partial charge on any atom is 0.282 e. The summed E-state index contributed by atoms with van der Waals surface area (Å²) in [5.41, 5.74) is -0.581. The second-order valence-corrected chi connectivity index (χ2v) is 3.71. The van der Waals surface area contributed by atoms with Gasteiger partial charge in [-0.15, -0.1) is 0 Å². The molecule has 0 radical (unpaired) electrons. The summed E-state index contributed by atoms with van der Waals surface area (Å²) >= 11 is 5.70. The predicted octanol–water partition coefficient (Wildman–Crippen LogP) is 3.46. The number of hydrogen-bond donors (Lipinski definition) is 0. The van der Waals surface area contributed by atoms with Gasteiger partial charge >= 0.3 is 0 Å². The lowest BCUT2D eigenvalue weighted by Crippen LogP contribution is -1.94. The fourth-order valence-electron chi connectivity index (χ4n) is 1.48. The number of nitrogens with zero attached hydrogens (tertiary/aromatic N) is 1. The van der Waals surface area contributed by atoms with Crippen molar-refractivity contribution < 1.29 is 18.5 Å². The summed E-state index contributed by atoms with van der Waals surface area (Å²) < 4.78 is 18.4. The van der Waals surface area contributed by atoms with Gasteiger partial charge in [-0.25, -0.2) is 4.39 Å². The molecule has 0 bridgehead atoms. The normalized spacial score (nSPS) is 10.3. The van der Waals surface area contributed by atoms with E-state index in [0.717, 1.165) is 12.1 Å². The Morgan fingerprint density at radius 1 is 1.33 bits per heavy atom. The summed E-state index contributed by atoms with van der Waals surface area (Å²) in [4.78, 5) is 20.6. The molecule has 2 rings (SSSR count). The largest absolute Gasteiger partial charge is 0.453 e. The van der Waals surface area contributed by atoms with Gasteiger partial charge in [0.15, 0.2) is 12.0 Å². The van der Waals surface area contributed by atoms with Crippen molar-refractivity contribution in [2.45, 2.75) is 0 Å². The van der Waals surface area contributed by atoms with Gasteiger partial charge in [-0.3, -0.25) is 14.9 Å². The second-order valence-electron chi connectivity index (χ2n) is 3.33. The first-order chi connectivity index (χ1) is 8.54. The molecule has 0 aliphatic carbocycles. The Kier molecular flexibility index (Phi) is 3.12. The van der Waals surface area contributed by atoms with Crippen LogP contribution in [0.4, 0.5) is 10.1 Å². The monoisotopic (exact) mass is 269 g/mol. The number of halogens is 2. The van der Waals surface area contributed by atoms with Crippen LogP contribution in [0, 0.1) is 15.9 Å². The Morgan fingerprint density at radius 3 is 2.61 bits per heavy atom. The lowest BCUT2D eigenvalue weighted by Gasteiger charge is -2.03. The molecule has 7 heteroatoms. The third-order valence-electron chi connectivity index (χ3n) is 2.26. The molecule has 0 aliphatic heterocycles. The molecule has 0 N–H and O–H groups in total. The van der Waals surface area contributed by atoms with Gasteiger partial charge in [0.05, 0.1) is 9.95 Å². The van der Waals surface area contributed by atoms with Crippen molar-refractivity contribution in [2.24, 2.45) is 0 Å². The first-order valence-corrected chi connectivity index (χ1v) is 5.10. The smallest absolute Gasteiger partial charge is 0.282 e. The van der Waals surface area contributed by atoms with E-state index in [9.17, 15) is 19.3 Å². The van der Waals surface area contributed by atoms with Gasteiger partial charge in [0, 0.05) is 6.07 Å². The molecule has 5 nitrogen and oxygen atoms in total. The third kappa shape index (κ3) is 1.98. The van der Waals surface area contributed by atoms with Gasteiger partial charge in [-0.2, -0.15) is 0 Å². The minimum absolute atomic E-state index is 0.0281. The zero-order valence-electron chi connectivity index (χ0n) is 8.72. The SMILES string of the molecule is O=Cc1ccc(-c2c([N+](=O)[O-])ccc(F)c2Cl)o1. The molecule has 1 heterocycles. The first kappa shape index (κ1) is 12.3. The Bertz CT molecular complexity index is 638. The zero-order valence-corrected chi connectivity index (χ0v) is 9.48. The molecule has 0 spiro atoms. The maximum absolute atomic E-state index is 13.3. The van der Waals surface area contributed by atoms with Crippen molar-refractivity contribution in [3.63, 3.8) is 0 Å². The highest BCUT2D eigenvalue weighted by Gasteiger charge is 2.24. The molecule has 0 saturated carbocycles. The number of aldehydes is 1. The van der Waals surface area contributed by atoms with Crippen LogP contribution in [0.15, 0.2) is 28.7 Å². The van der Waals surface area contributed by atoms with E-state index in [1.807, 2.05) is 0 Å². The van der Waals surface area contributed by atoms with Gasteiger partial charge < -0.3 is 4.42 Å². The van der Waals surface area contributed by atoms with Gasteiger partial charge in [0.1, 0.15) is 17.1 Å². The molecule has 2 aromatic rings. The van der Waals surface area contributed by atoms with Crippen molar-refractivity contribution >= 4 is 23.6 Å². The zero-order chi connectivity index (χ0) is 13.3. The molecule has 0 amide bonds. The molecular weight excluding hydrogens is 265 g/mol. The van der Waals surface area contributed by atoms with E-state index in [4.69, 9.17) is 16.0 Å². The second kappa shape index (κ2) is 4.58. The van der Waals surface area contributed by atoms with E-state index in [1.165, 1.54) is 12.1 Å². The summed E-state index contributed by atoms with van der Waals surface area (Å²) in [6.45, 7) is 0. The minimum Gasteiger partial charge on any atom is -0.453 e. The van der Waals surface area contributed by atoms with Crippen LogP contribution in [0.3, 0.4) is 0 Å². The fourth-order valence-corrected chi connectivity index (χ4v) is 1.73. The number of hydrogen-bond acceptors (Lipinski definition) is 4. The number of rotatable bonds is 3. The van der Waals surface area contributed by atoms with Crippen molar-refractivity contribution in [1.82, 2.24) is 0 Å². The molecule has 18 heavy (non-hydrogen) atoms. The number of benzene rings is 1. The number of furan rings is 1. The number of carbonyl (C=O) groups is 1. The Hall–Kier alpha value is -2.21. The molecule has 0 aliphatic rings. The van der Waals surface area contributed by atoms with Crippen LogP contribution >= 0.6 is 11.6 Å². The highest BCUT2D eigenvalue weighted by molar-refractivity contribution is 6.33. The fraction of sp³-hybridized carbons (Fsp3) is 0. The highest BCUT2D eigenvalue weighted by atomic mass is 35.5. The Morgan fingerprint density at radius 2 is 2.06 bits per heavy atom. The third-order valence-corrected chi connectivity index (χ3v) is 2.63. The van der Waals surface area contributed by atoms with E-state index in [2.05, 4.69) is 0 Å². The Labute approximate surface area is 105 Å². The first-order valence-electron chi connectivity index (χ1n) is 4.72. The molecule has 1 aromatic carbocycles. The van der Waals surface area contributed by atoms with E-state index in [-0.39, 0.29) is 17.1 Å². The molecule has 92 valence electrons. The van der Waals surface area contributed by atoms with E-state index in [0.29, 0.717) is 6.29 Å². The van der Waals surface area contributed by atoms with Crippen LogP contribution in [0.2, 0.25) is 5.02 Å². The quantitative estimate of drug-likeness (QED) is 0.486. The number of nitro groups is 1. The van der Waals surface area contributed by atoms with E-state index < -0.39 is 21.5 Å². The van der Waals surface area contributed by atoms with E-state index >= 15 is 0 Å². The van der Waals surface area contributed by atoms with Crippen LogP contribution in [0.1, 0.15) is 10.6 Å². The van der Waals surface area contributed by atoms with Crippen molar-refractivity contribution in [2.75, 3.05) is 0 Å². The molecule has 0 unspecified atom stereocenters. The van der Waals surface area contributed by atoms with Crippen LogP contribution in [0.5, 0.6) is 0 Å². The summed E-state index contributed by atoms with van der Waals surface area (Å²) in [6, 6.07) is 4.51. The van der Waals surface area contributed by atoms with E-state index in [1.54, 1.807) is 0 Å². The molecule has 1 aromatic heterocycles. The number of carbonyl (C=O) groups excluding carboxylic acids is 1. The topological polar surface area (TPSA) is 73.3 Å². The predicted molar refractivity (Wildman–Crippen MR) is 61.2 cm³/mol. The summed E-state index contributed by atoms with van der Waals surface area (Å²) in [5.74, 6) is -0.866. The van der Waals surface area contributed by atoms with Gasteiger partial charge in [0.25, 0.3) is 5.69 Å². The highest BCUT2D eigenvalue weighted by Crippen LogP contribution is 2.38. The molecular formula is C11H5ClFNO4. The average molecular weight is 270 g/mol. The minimum atomic E-state index is -0.804. The van der Waals surface area contributed by atoms with Gasteiger partial charge in [-0.05, 0) is 18.2 Å². The summed E-state index contributed by atoms with van der Waals surface area (Å²) in [5, 5.41) is 10.4.